The minimum absolute atomic E-state index is 0.0476. The molecule has 3 heterocycles. The summed E-state index contributed by atoms with van der Waals surface area (Å²) in [6, 6.07) is 11.2. The number of amides is 1. The summed E-state index contributed by atoms with van der Waals surface area (Å²) in [7, 11) is 4.19. The molecule has 0 radical (unpaired) electrons. The van der Waals surface area contributed by atoms with Gasteiger partial charge in [0.1, 0.15) is 11.6 Å². The van der Waals surface area contributed by atoms with Gasteiger partial charge in [-0.1, -0.05) is 42.8 Å². The summed E-state index contributed by atoms with van der Waals surface area (Å²) < 4.78 is 34.8. The van der Waals surface area contributed by atoms with Gasteiger partial charge in [-0.2, -0.15) is 15.2 Å². The SMILES string of the molecule is C=C(F)C(=O)N1CCN(c2nc(OC[C@H]3CCC[C@@H]3N(C)C)nc3c2CCN(c2cccc4ccc(F)c(Cl)c24)C3)CC1CC#N. The first-order chi connectivity index (χ1) is 22.2. The molecule has 3 aliphatic rings. The Kier molecular flexibility index (Phi) is 9.29. The van der Waals surface area contributed by atoms with Gasteiger partial charge in [0.25, 0.3) is 5.91 Å². The summed E-state index contributed by atoms with van der Waals surface area (Å²) in [5.41, 5.74) is 2.57. The van der Waals surface area contributed by atoms with E-state index in [9.17, 15) is 18.8 Å². The van der Waals surface area contributed by atoms with Crippen molar-refractivity contribution in [1.29, 1.82) is 5.26 Å². The van der Waals surface area contributed by atoms with Crippen LogP contribution in [0.1, 0.15) is 36.9 Å². The summed E-state index contributed by atoms with van der Waals surface area (Å²) in [5.74, 6) is -1.25. The van der Waals surface area contributed by atoms with E-state index in [0.29, 0.717) is 62.4 Å². The standard InChI is InChI=1S/C34H38ClF2N7O2/c1-21(36)33(45)44-17-16-43(18-24(44)12-14-38)32-25-13-15-42(29-9-4-6-22-10-11-26(37)31(35)30(22)29)19-27(25)39-34(40-32)46-20-23-7-5-8-28(23)41(2)3/h4,6,9-11,23-24,28H,1,5,7-8,12-13,15-20H2,2-3H3/t23-,24?,28+/m1/s1. The molecule has 0 spiro atoms. The van der Waals surface area contributed by atoms with E-state index < -0.39 is 23.6 Å². The number of anilines is 2. The second-order valence-electron chi connectivity index (χ2n) is 12.6. The normalized spacial score (nSPS) is 21.4. The lowest BCUT2D eigenvalue weighted by atomic mass is 10.0. The van der Waals surface area contributed by atoms with Gasteiger partial charge in [-0.15, -0.1) is 0 Å². The third-order valence-corrected chi connectivity index (χ3v) is 9.96. The Morgan fingerprint density at radius 2 is 2.00 bits per heavy atom. The van der Waals surface area contributed by atoms with Crippen LogP contribution in [0.2, 0.25) is 5.02 Å². The minimum Gasteiger partial charge on any atom is -0.463 e. The number of halogens is 3. The second-order valence-corrected chi connectivity index (χ2v) is 12.9. The van der Waals surface area contributed by atoms with Crippen LogP contribution in [0.5, 0.6) is 6.01 Å². The van der Waals surface area contributed by atoms with Gasteiger partial charge in [0, 0.05) is 54.8 Å². The summed E-state index contributed by atoms with van der Waals surface area (Å²) in [5, 5.41) is 11.1. The number of benzene rings is 2. The molecule has 242 valence electrons. The first-order valence-corrected chi connectivity index (χ1v) is 16.1. The zero-order chi connectivity index (χ0) is 32.5. The van der Waals surface area contributed by atoms with E-state index in [0.717, 1.165) is 41.6 Å². The number of hydrogen-bond donors (Lipinski definition) is 0. The van der Waals surface area contributed by atoms with Crippen molar-refractivity contribution >= 4 is 39.8 Å². The van der Waals surface area contributed by atoms with Crippen LogP contribution in [-0.4, -0.2) is 84.6 Å². The molecule has 2 fully saturated rings. The Labute approximate surface area is 273 Å². The number of rotatable bonds is 8. The molecule has 12 heteroatoms. The summed E-state index contributed by atoms with van der Waals surface area (Å²) >= 11 is 6.50. The van der Waals surface area contributed by atoms with Crippen molar-refractivity contribution in [3.05, 3.63) is 64.8 Å². The van der Waals surface area contributed by atoms with Crippen LogP contribution < -0.4 is 14.5 Å². The van der Waals surface area contributed by atoms with E-state index in [1.54, 1.807) is 6.07 Å². The number of ether oxygens (including phenoxy) is 1. The number of hydrogen-bond acceptors (Lipinski definition) is 8. The lowest BCUT2D eigenvalue weighted by molar-refractivity contribution is -0.131. The topological polar surface area (TPSA) is 88.8 Å². The highest BCUT2D eigenvalue weighted by atomic mass is 35.5. The summed E-state index contributed by atoms with van der Waals surface area (Å²) in [4.78, 5) is 30.2. The molecule has 6 rings (SSSR count). The number of carbonyl (C=O) groups is 1. The van der Waals surface area contributed by atoms with E-state index in [1.165, 1.54) is 11.0 Å². The van der Waals surface area contributed by atoms with Gasteiger partial charge in [-0.05, 0) is 50.9 Å². The van der Waals surface area contributed by atoms with Crippen molar-refractivity contribution in [1.82, 2.24) is 19.8 Å². The molecule has 1 aromatic heterocycles. The van der Waals surface area contributed by atoms with E-state index in [4.69, 9.17) is 26.3 Å². The fraction of sp³-hybridized carbons (Fsp3) is 0.471. The van der Waals surface area contributed by atoms with E-state index >= 15 is 0 Å². The molecule has 0 N–H and O–H groups in total. The first-order valence-electron chi connectivity index (χ1n) is 15.7. The largest absolute Gasteiger partial charge is 0.463 e. The average Bonchev–Trinajstić information content (AvgIpc) is 3.53. The monoisotopic (exact) mass is 649 g/mol. The summed E-state index contributed by atoms with van der Waals surface area (Å²) in [6.45, 7) is 5.64. The van der Waals surface area contributed by atoms with Crippen molar-refractivity contribution in [2.75, 3.05) is 56.7 Å². The van der Waals surface area contributed by atoms with Crippen LogP contribution in [0.25, 0.3) is 10.8 Å². The van der Waals surface area contributed by atoms with Gasteiger partial charge in [0.05, 0.1) is 42.4 Å². The van der Waals surface area contributed by atoms with Crippen molar-refractivity contribution in [3.8, 4) is 12.1 Å². The third kappa shape index (κ3) is 6.20. The molecular weight excluding hydrogens is 612 g/mol. The molecule has 0 bridgehead atoms. The molecule has 1 saturated heterocycles. The Hall–Kier alpha value is -4.01. The zero-order valence-corrected chi connectivity index (χ0v) is 26.9. The fourth-order valence-corrected chi connectivity index (χ4v) is 7.57. The predicted octanol–water partition coefficient (Wildman–Crippen LogP) is 5.51. The van der Waals surface area contributed by atoms with Crippen LogP contribution in [-0.2, 0) is 17.8 Å². The highest BCUT2D eigenvalue weighted by Gasteiger charge is 2.35. The van der Waals surface area contributed by atoms with E-state index in [1.807, 2.05) is 18.2 Å². The number of nitrogens with zero attached hydrogens (tertiary/aromatic N) is 7. The molecule has 1 saturated carbocycles. The second kappa shape index (κ2) is 13.4. The quantitative estimate of drug-likeness (QED) is 0.296. The first kappa shape index (κ1) is 32.0. The molecule has 9 nitrogen and oxygen atoms in total. The van der Waals surface area contributed by atoms with Gasteiger partial charge in [-0.3, -0.25) is 4.79 Å². The molecule has 3 aromatic rings. The minimum atomic E-state index is -1.04. The zero-order valence-electron chi connectivity index (χ0n) is 26.2. The number of aromatic nitrogens is 2. The Balaban J connectivity index is 1.35. The maximum absolute atomic E-state index is 14.6. The van der Waals surface area contributed by atoms with Gasteiger partial charge >= 0.3 is 6.01 Å². The van der Waals surface area contributed by atoms with Crippen LogP contribution in [0.15, 0.2) is 42.7 Å². The van der Waals surface area contributed by atoms with Crippen LogP contribution in [0.3, 0.4) is 0 Å². The maximum atomic E-state index is 14.6. The Morgan fingerprint density at radius 1 is 1.17 bits per heavy atom. The van der Waals surface area contributed by atoms with Gasteiger partial charge in [0.2, 0.25) is 0 Å². The van der Waals surface area contributed by atoms with E-state index in [2.05, 4.69) is 41.4 Å². The molecule has 46 heavy (non-hydrogen) atoms. The Morgan fingerprint density at radius 3 is 2.76 bits per heavy atom. The number of nitriles is 1. The molecule has 2 aromatic carbocycles. The number of fused-ring (bicyclic) bond motifs is 2. The smallest absolute Gasteiger partial charge is 0.318 e. The van der Waals surface area contributed by atoms with Crippen molar-refractivity contribution in [2.24, 2.45) is 5.92 Å². The maximum Gasteiger partial charge on any atom is 0.318 e. The van der Waals surface area contributed by atoms with Gasteiger partial charge in [-0.25, -0.2) is 8.78 Å². The lowest BCUT2D eigenvalue weighted by Crippen LogP contribution is -2.55. The molecule has 1 aliphatic carbocycles. The van der Waals surface area contributed by atoms with Gasteiger partial charge in [0.15, 0.2) is 5.83 Å². The van der Waals surface area contributed by atoms with E-state index in [-0.39, 0.29) is 24.0 Å². The Bertz CT molecular complexity index is 1700. The predicted molar refractivity (Wildman–Crippen MR) is 174 cm³/mol. The van der Waals surface area contributed by atoms with Crippen LogP contribution in [0, 0.1) is 23.1 Å². The van der Waals surface area contributed by atoms with Crippen molar-refractivity contribution in [2.45, 2.75) is 50.7 Å². The lowest BCUT2D eigenvalue weighted by Gasteiger charge is -2.42. The van der Waals surface area contributed by atoms with Gasteiger partial charge < -0.3 is 24.3 Å². The molecule has 2 aliphatic heterocycles. The van der Waals surface area contributed by atoms with Crippen molar-refractivity contribution < 1.29 is 18.3 Å². The molecular formula is C34H38ClF2N7O2. The number of carbonyl (C=O) groups excluding carboxylic acids is 1. The van der Waals surface area contributed by atoms with Crippen LogP contribution in [0.4, 0.5) is 20.3 Å². The number of piperazine rings is 1. The molecule has 1 unspecified atom stereocenters. The van der Waals surface area contributed by atoms with Crippen molar-refractivity contribution in [3.63, 3.8) is 0 Å². The molecule has 1 amide bonds. The highest BCUT2D eigenvalue weighted by molar-refractivity contribution is 6.36. The van der Waals surface area contributed by atoms with Crippen LogP contribution >= 0.6 is 11.6 Å². The highest BCUT2D eigenvalue weighted by Crippen LogP contribution is 2.38. The average molecular weight is 650 g/mol. The third-order valence-electron chi connectivity index (χ3n) is 9.59. The molecule has 3 atom stereocenters. The fourth-order valence-electron chi connectivity index (χ4n) is 7.30. The summed E-state index contributed by atoms with van der Waals surface area (Å²) in [6.07, 6.45) is 3.98.